The number of ketones is 1. The molecule has 1 aromatic rings. The second-order valence-corrected chi connectivity index (χ2v) is 6.51. The van der Waals surface area contributed by atoms with Crippen LogP contribution >= 0.6 is 27.3 Å². The first-order valence-corrected chi connectivity index (χ1v) is 7.85. The number of rotatable bonds is 4. The summed E-state index contributed by atoms with van der Waals surface area (Å²) in [6, 6.07) is 1.97. The topological polar surface area (TPSA) is 29.1 Å². The minimum absolute atomic E-state index is 0.166. The quantitative estimate of drug-likeness (QED) is 0.855. The maximum Gasteiger partial charge on any atom is 0.181 e. The monoisotopic (exact) mass is 315 g/mol. The highest BCUT2D eigenvalue weighted by molar-refractivity contribution is 9.10. The number of halogens is 1. The van der Waals surface area contributed by atoms with E-state index >= 15 is 0 Å². The first-order chi connectivity index (χ1) is 8.19. The number of carbonyl (C=O) groups excluding carboxylic acids is 1. The summed E-state index contributed by atoms with van der Waals surface area (Å²) >= 11 is 5.03. The van der Waals surface area contributed by atoms with E-state index < -0.39 is 0 Å². The predicted octanol–water partition coefficient (Wildman–Crippen LogP) is 3.86. The molecule has 0 aliphatic carbocycles. The van der Waals surface area contributed by atoms with Crippen LogP contribution in [0.3, 0.4) is 0 Å². The van der Waals surface area contributed by atoms with Gasteiger partial charge in [0.15, 0.2) is 5.78 Å². The van der Waals surface area contributed by atoms with Crippen LogP contribution in [-0.2, 0) is 0 Å². The molecule has 1 atom stereocenters. The first kappa shape index (κ1) is 13.2. The van der Waals surface area contributed by atoms with Gasteiger partial charge in [-0.1, -0.05) is 13.3 Å². The highest BCUT2D eigenvalue weighted by Crippen LogP contribution is 2.38. The van der Waals surface area contributed by atoms with Gasteiger partial charge in [-0.2, -0.15) is 0 Å². The first-order valence-electron chi connectivity index (χ1n) is 6.18. The van der Waals surface area contributed by atoms with E-state index in [1.807, 2.05) is 11.4 Å². The molecule has 0 amide bonds. The normalized spacial score (nSPS) is 24.8. The van der Waals surface area contributed by atoms with Crippen LogP contribution in [-0.4, -0.2) is 18.9 Å². The van der Waals surface area contributed by atoms with E-state index in [2.05, 4.69) is 28.2 Å². The summed E-state index contributed by atoms with van der Waals surface area (Å²) in [6.45, 7) is 4.04. The molecule has 0 saturated carbocycles. The molecular weight excluding hydrogens is 298 g/mol. The van der Waals surface area contributed by atoms with Crippen LogP contribution in [0.15, 0.2) is 15.9 Å². The Hall–Kier alpha value is -0.190. The Bertz CT molecular complexity index is 390. The Morgan fingerprint density at radius 2 is 2.47 bits per heavy atom. The fourth-order valence-corrected chi connectivity index (χ4v) is 4.28. The van der Waals surface area contributed by atoms with Crippen molar-refractivity contribution in [1.82, 2.24) is 5.32 Å². The summed E-state index contributed by atoms with van der Waals surface area (Å²) in [5.74, 6) is 0.327. The molecule has 1 aliphatic heterocycles. The molecule has 2 heterocycles. The molecule has 4 heteroatoms. The molecule has 0 bridgehead atoms. The molecular formula is C13H18BrNOS. The third-order valence-electron chi connectivity index (χ3n) is 3.51. The molecule has 1 aliphatic rings. The van der Waals surface area contributed by atoms with Crippen molar-refractivity contribution in [1.29, 1.82) is 0 Å². The van der Waals surface area contributed by atoms with Gasteiger partial charge in [-0.05, 0) is 53.2 Å². The van der Waals surface area contributed by atoms with E-state index in [4.69, 9.17) is 0 Å². The van der Waals surface area contributed by atoms with Crippen LogP contribution in [0.1, 0.15) is 42.3 Å². The van der Waals surface area contributed by atoms with Crippen molar-refractivity contribution < 1.29 is 4.79 Å². The SMILES string of the molecule is CCCC1(C(=O)c2sccc2Br)CCCNC1. The van der Waals surface area contributed by atoms with Crippen molar-refractivity contribution in [3.8, 4) is 0 Å². The summed E-state index contributed by atoms with van der Waals surface area (Å²) in [4.78, 5) is 13.6. The summed E-state index contributed by atoms with van der Waals surface area (Å²) in [7, 11) is 0. The van der Waals surface area contributed by atoms with Crippen LogP contribution in [0.2, 0.25) is 0 Å². The number of Topliss-reactive ketones (excluding diaryl/α,β-unsaturated/α-hetero) is 1. The average Bonchev–Trinajstić information content (AvgIpc) is 2.76. The molecule has 1 fully saturated rings. The molecule has 0 spiro atoms. The van der Waals surface area contributed by atoms with Gasteiger partial charge >= 0.3 is 0 Å². The lowest BCUT2D eigenvalue weighted by molar-refractivity contribution is 0.0722. The molecule has 1 aromatic heterocycles. The molecule has 0 radical (unpaired) electrons. The highest BCUT2D eigenvalue weighted by atomic mass is 79.9. The van der Waals surface area contributed by atoms with Crippen LogP contribution in [0.4, 0.5) is 0 Å². The summed E-state index contributed by atoms with van der Waals surface area (Å²) < 4.78 is 0.952. The van der Waals surface area contributed by atoms with Gasteiger partial charge in [-0.25, -0.2) is 0 Å². The van der Waals surface area contributed by atoms with Gasteiger partial charge in [0.25, 0.3) is 0 Å². The lowest BCUT2D eigenvalue weighted by Crippen LogP contribution is -2.45. The molecule has 2 rings (SSSR count). The number of piperidine rings is 1. The van der Waals surface area contributed by atoms with E-state index in [-0.39, 0.29) is 5.41 Å². The molecule has 1 unspecified atom stereocenters. The van der Waals surface area contributed by atoms with Crippen molar-refractivity contribution in [3.05, 3.63) is 20.8 Å². The number of nitrogens with one attached hydrogen (secondary N) is 1. The van der Waals surface area contributed by atoms with Gasteiger partial charge in [-0.15, -0.1) is 11.3 Å². The van der Waals surface area contributed by atoms with Crippen molar-refractivity contribution in [2.75, 3.05) is 13.1 Å². The van der Waals surface area contributed by atoms with Crippen molar-refractivity contribution in [2.45, 2.75) is 32.6 Å². The minimum atomic E-state index is -0.166. The minimum Gasteiger partial charge on any atom is -0.316 e. The summed E-state index contributed by atoms with van der Waals surface area (Å²) in [5.41, 5.74) is -0.166. The zero-order valence-corrected chi connectivity index (χ0v) is 12.5. The molecule has 2 nitrogen and oxygen atoms in total. The Kier molecular flexibility index (Phi) is 4.39. The van der Waals surface area contributed by atoms with Gasteiger partial charge in [0, 0.05) is 16.4 Å². The standard InChI is InChI=1S/C13H18BrNOS/c1-2-5-13(6-3-7-15-9-13)12(16)11-10(14)4-8-17-11/h4,8,15H,2-3,5-7,9H2,1H3. The third-order valence-corrected chi connectivity index (χ3v) is 5.34. The second kappa shape index (κ2) is 5.63. The van der Waals surface area contributed by atoms with E-state index in [0.717, 1.165) is 48.1 Å². The average molecular weight is 316 g/mol. The third kappa shape index (κ3) is 2.64. The largest absolute Gasteiger partial charge is 0.316 e. The molecule has 94 valence electrons. The molecule has 0 aromatic carbocycles. The van der Waals surface area contributed by atoms with Crippen LogP contribution in [0.5, 0.6) is 0 Å². The molecule has 1 saturated heterocycles. The lowest BCUT2D eigenvalue weighted by atomic mass is 9.73. The van der Waals surface area contributed by atoms with Gasteiger partial charge < -0.3 is 5.32 Å². The van der Waals surface area contributed by atoms with Crippen molar-refractivity contribution >= 4 is 33.0 Å². The second-order valence-electron chi connectivity index (χ2n) is 4.74. The zero-order valence-electron chi connectivity index (χ0n) is 10.1. The summed E-state index contributed by atoms with van der Waals surface area (Å²) in [5, 5.41) is 5.37. The Morgan fingerprint density at radius 3 is 3.00 bits per heavy atom. The highest BCUT2D eigenvalue weighted by Gasteiger charge is 2.40. The van der Waals surface area contributed by atoms with E-state index in [1.165, 1.54) is 0 Å². The number of thiophene rings is 1. The van der Waals surface area contributed by atoms with Crippen LogP contribution < -0.4 is 5.32 Å². The number of hydrogen-bond donors (Lipinski definition) is 1. The van der Waals surface area contributed by atoms with E-state index in [0.29, 0.717) is 5.78 Å². The fourth-order valence-electron chi connectivity index (χ4n) is 2.66. The Balaban J connectivity index is 2.27. The van der Waals surface area contributed by atoms with Crippen LogP contribution in [0, 0.1) is 5.41 Å². The fraction of sp³-hybridized carbons (Fsp3) is 0.615. The maximum atomic E-state index is 12.7. The number of hydrogen-bond acceptors (Lipinski definition) is 3. The van der Waals surface area contributed by atoms with E-state index in [9.17, 15) is 4.79 Å². The maximum absolute atomic E-state index is 12.7. The van der Waals surface area contributed by atoms with Gasteiger partial charge in [-0.3, -0.25) is 4.79 Å². The van der Waals surface area contributed by atoms with Gasteiger partial charge in [0.05, 0.1) is 4.88 Å². The Labute approximate surface area is 115 Å². The van der Waals surface area contributed by atoms with Crippen LogP contribution in [0.25, 0.3) is 0 Å². The lowest BCUT2D eigenvalue weighted by Gasteiger charge is -2.36. The van der Waals surface area contributed by atoms with Crippen molar-refractivity contribution in [2.24, 2.45) is 5.41 Å². The molecule has 1 N–H and O–H groups in total. The van der Waals surface area contributed by atoms with E-state index in [1.54, 1.807) is 11.3 Å². The number of carbonyl (C=O) groups is 1. The smallest absolute Gasteiger partial charge is 0.181 e. The zero-order chi connectivity index (χ0) is 12.3. The predicted molar refractivity (Wildman–Crippen MR) is 75.8 cm³/mol. The Morgan fingerprint density at radius 1 is 1.65 bits per heavy atom. The van der Waals surface area contributed by atoms with Crippen molar-refractivity contribution in [3.63, 3.8) is 0 Å². The van der Waals surface area contributed by atoms with Gasteiger partial charge in [0.1, 0.15) is 0 Å². The van der Waals surface area contributed by atoms with Gasteiger partial charge in [0.2, 0.25) is 0 Å². The molecule has 17 heavy (non-hydrogen) atoms. The summed E-state index contributed by atoms with van der Waals surface area (Å²) in [6.07, 6.45) is 4.19.